The van der Waals surface area contributed by atoms with E-state index in [1.807, 2.05) is 0 Å². The molecule has 0 saturated carbocycles. The fraction of sp³-hybridized carbons (Fsp3) is 0.698. The Morgan fingerprint density at radius 3 is 1.97 bits per heavy atom. The zero-order valence-corrected chi connectivity index (χ0v) is 43.5. The minimum atomic E-state index is -3.19. The van der Waals surface area contributed by atoms with Crippen LogP contribution in [0.3, 0.4) is 0 Å². The lowest BCUT2D eigenvalue weighted by Crippen LogP contribution is -2.70. The topological polar surface area (TPSA) is 420 Å². The summed E-state index contributed by atoms with van der Waals surface area (Å²) in [6, 6.07) is -4.65. The number of ether oxygens (including phenoxy) is 7. The van der Waals surface area contributed by atoms with E-state index in [1.54, 1.807) is 13.8 Å². The predicted octanol–water partition coefficient (Wildman–Crippen LogP) is -1.66. The Morgan fingerprint density at radius 2 is 1.47 bits per heavy atom. The molecule has 11 N–H and O–H groups in total. The van der Waals surface area contributed by atoms with Gasteiger partial charge in [0.25, 0.3) is 0 Å². The second kappa shape index (κ2) is 26.4. The second-order valence-electron chi connectivity index (χ2n) is 17.5. The van der Waals surface area contributed by atoms with Crippen molar-refractivity contribution in [1.29, 1.82) is 5.41 Å². The third-order valence-corrected chi connectivity index (χ3v) is 14.5. The van der Waals surface area contributed by atoms with Crippen LogP contribution < -0.4 is 16.0 Å². The molecule has 0 spiro atoms. The molecule has 3 rings (SSSR count). The first-order valence-corrected chi connectivity index (χ1v) is 24.8. The number of hydrogen-bond acceptors (Lipinski definition) is 24. The van der Waals surface area contributed by atoms with Gasteiger partial charge in [0.15, 0.2) is 29.4 Å². The van der Waals surface area contributed by atoms with Crippen LogP contribution in [0.5, 0.6) is 0 Å². The third-order valence-electron chi connectivity index (χ3n) is 11.8. The molecule has 3 aliphatic rings. The minimum absolute atomic E-state index is 0.269. The number of carbonyl (C=O) groups excluding carboxylic acids is 6. The first-order valence-electron chi connectivity index (χ1n) is 22.3. The Kier molecular flexibility index (Phi) is 22.5. The zero-order valence-electron chi connectivity index (χ0n) is 41.0. The van der Waals surface area contributed by atoms with Crippen LogP contribution in [0.25, 0.3) is 0 Å². The average Bonchev–Trinajstić information content (AvgIpc) is 3.28. The van der Waals surface area contributed by atoms with Crippen LogP contribution in [0.4, 0.5) is 0 Å². The monoisotopic (exact) mass is 1100 g/mol. The van der Waals surface area contributed by atoms with Crippen LogP contribution in [0.15, 0.2) is 11.3 Å². The summed E-state index contributed by atoms with van der Waals surface area (Å²) in [5, 5.41) is 91.2. The van der Waals surface area contributed by atoms with Gasteiger partial charge < -0.3 is 84.9 Å². The summed E-state index contributed by atoms with van der Waals surface area (Å²) in [5.41, 5.74) is -7.85. The quantitative estimate of drug-likeness (QED) is 0.0310. The molecule has 15 atom stereocenters. The lowest BCUT2D eigenvalue weighted by atomic mass is 9.74. The van der Waals surface area contributed by atoms with Crippen molar-refractivity contribution in [3.63, 3.8) is 0 Å². The molecule has 410 valence electrons. The van der Waals surface area contributed by atoms with Crippen molar-refractivity contribution in [2.24, 2.45) is 5.92 Å². The summed E-state index contributed by atoms with van der Waals surface area (Å²) in [6.45, 7) is 9.44. The van der Waals surface area contributed by atoms with Crippen molar-refractivity contribution in [2.45, 2.75) is 158 Å². The number of carbonyl (C=O) groups is 9. The minimum Gasteiger partial charge on any atom is -0.508 e. The molecule has 30 heteroatoms. The van der Waals surface area contributed by atoms with Crippen molar-refractivity contribution in [2.75, 3.05) is 25.2 Å². The van der Waals surface area contributed by atoms with Crippen molar-refractivity contribution in [1.82, 2.24) is 16.0 Å². The highest BCUT2D eigenvalue weighted by Crippen LogP contribution is 2.42. The highest BCUT2D eigenvalue weighted by molar-refractivity contribution is 8.23. The highest BCUT2D eigenvalue weighted by Gasteiger charge is 2.62. The van der Waals surface area contributed by atoms with Gasteiger partial charge in [-0.1, -0.05) is 44.8 Å². The molecule has 0 bridgehead atoms. The van der Waals surface area contributed by atoms with E-state index in [0.29, 0.717) is 11.8 Å². The van der Waals surface area contributed by atoms with Gasteiger partial charge in [-0.25, -0.2) is 19.2 Å². The van der Waals surface area contributed by atoms with E-state index in [1.165, 1.54) is 27.9 Å². The number of aliphatic carboxylic acids is 3. The molecule has 0 aromatic carbocycles. The molecule has 2 fully saturated rings. The number of thiocarbonyl (C=S) groups is 1. The summed E-state index contributed by atoms with van der Waals surface area (Å²) >= 11 is 6.90. The fourth-order valence-electron chi connectivity index (χ4n) is 7.94. The van der Waals surface area contributed by atoms with Crippen LogP contribution in [-0.4, -0.2) is 214 Å². The van der Waals surface area contributed by atoms with Gasteiger partial charge in [-0.2, -0.15) is 11.8 Å². The number of esters is 3. The van der Waals surface area contributed by atoms with Crippen LogP contribution in [-0.2, 0) is 76.3 Å². The van der Waals surface area contributed by atoms with E-state index in [2.05, 4.69) is 16.0 Å². The van der Waals surface area contributed by atoms with Gasteiger partial charge >= 0.3 is 35.8 Å². The molecule has 73 heavy (non-hydrogen) atoms. The molecular formula is C43H62N4O23S3. The van der Waals surface area contributed by atoms with Gasteiger partial charge in [0, 0.05) is 51.1 Å². The van der Waals surface area contributed by atoms with Gasteiger partial charge in [0.1, 0.15) is 76.6 Å². The third kappa shape index (κ3) is 15.5. The maximum atomic E-state index is 14.7. The van der Waals surface area contributed by atoms with Crippen LogP contribution >= 0.6 is 35.7 Å². The lowest BCUT2D eigenvalue weighted by molar-refractivity contribution is -0.345. The van der Waals surface area contributed by atoms with Crippen molar-refractivity contribution >= 4 is 99.2 Å². The molecule has 13 unspecified atom stereocenters. The number of thioether (sulfide) groups is 2. The molecule has 0 radical (unpaired) electrons. The Hall–Kier alpha value is -5.05. The predicted molar refractivity (Wildman–Crippen MR) is 255 cm³/mol. The second-order valence-corrected chi connectivity index (χ2v) is 20.7. The summed E-state index contributed by atoms with van der Waals surface area (Å²) in [7, 11) is 1.20. The number of Topliss-reactive ketones (excluding diaryl/α,β-unsaturated/α-hetero) is 1. The lowest BCUT2D eigenvalue weighted by Gasteiger charge is -2.52. The molecule has 2 heterocycles. The number of ketones is 1. The molecular weight excluding hydrogens is 1040 g/mol. The van der Waals surface area contributed by atoms with Crippen LogP contribution in [0, 0.1) is 11.3 Å². The molecule has 2 saturated heterocycles. The Balaban J connectivity index is 2.23. The number of amides is 2. The number of aliphatic hydroxyl groups is 4. The molecule has 0 aromatic heterocycles. The summed E-state index contributed by atoms with van der Waals surface area (Å²) in [4.78, 5) is 112. The van der Waals surface area contributed by atoms with E-state index >= 15 is 0 Å². The van der Waals surface area contributed by atoms with Gasteiger partial charge in [0.2, 0.25) is 11.8 Å². The number of hydrogen-bond donors (Lipinski definition) is 11. The highest BCUT2D eigenvalue weighted by atomic mass is 32.2. The van der Waals surface area contributed by atoms with Gasteiger partial charge in [-0.15, -0.1) is 0 Å². The largest absolute Gasteiger partial charge is 0.508 e. The standard InChI is InChI=1S/C43H62N4O23S3/c1-15(2)39(60)67-18(5)43(63)17(4)66-27(10-26(43)64-9)69-33-31(52)35(42(62)11-24(51)29(44)28(34(42)53)38(58)59)68-25(12-65-21(8)50)32(33)70-40(61)30(16(3)72-13-22(36(54)55)45-19(6)48)47-41(71)73-14-23(37(56)57)46-20(7)49/h15-18,22-23,25-27,30-33,35,44,52-53,62-63H,10-14H2,1-9H3,(H,45,48)(H,46,49)(H,47,71)(H,54,55)(H,56,57)(H,58,59)/t16?,17?,18?,22?,23?,25?,26?,27?,30?,31?,32?,33?,35?,42-,43+/m1/s1. The van der Waals surface area contributed by atoms with Crippen molar-refractivity contribution in [3.05, 3.63) is 11.3 Å². The van der Waals surface area contributed by atoms with E-state index in [4.69, 9.17) is 50.8 Å². The fourth-order valence-corrected chi connectivity index (χ4v) is 10.1. The molecule has 2 aliphatic heterocycles. The normalized spacial score (nSPS) is 29.4. The van der Waals surface area contributed by atoms with Crippen molar-refractivity contribution < 1.29 is 112 Å². The average molecular weight is 1100 g/mol. The summed E-state index contributed by atoms with van der Waals surface area (Å²) < 4.78 is 40.6. The number of aliphatic hydroxyl groups excluding tert-OH is 2. The number of nitrogens with one attached hydrogen (secondary N) is 4. The number of carboxylic acid groups (broad SMARTS) is 3. The van der Waals surface area contributed by atoms with Gasteiger partial charge in [-0.05, 0) is 13.8 Å². The van der Waals surface area contributed by atoms with Gasteiger partial charge in [0.05, 0.1) is 24.5 Å². The van der Waals surface area contributed by atoms with E-state index in [-0.39, 0.29) is 15.8 Å². The van der Waals surface area contributed by atoms with Gasteiger partial charge in [-0.3, -0.25) is 29.4 Å². The number of rotatable bonds is 23. The number of methoxy groups -OCH3 is 1. The Labute approximate surface area is 431 Å². The van der Waals surface area contributed by atoms with Crippen molar-refractivity contribution in [3.8, 4) is 0 Å². The Bertz CT molecular complexity index is 2180. The zero-order chi connectivity index (χ0) is 55.6. The van der Waals surface area contributed by atoms with Crippen LogP contribution in [0.2, 0.25) is 0 Å². The first-order chi connectivity index (χ1) is 33.8. The van der Waals surface area contributed by atoms with E-state index in [9.17, 15) is 78.9 Å². The molecule has 0 aromatic rings. The maximum absolute atomic E-state index is 14.7. The number of carboxylic acids is 3. The first kappa shape index (κ1) is 62.2. The summed E-state index contributed by atoms with van der Waals surface area (Å²) in [5.74, 6) is -13.5. The van der Waals surface area contributed by atoms with Crippen LogP contribution in [0.1, 0.15) is 68.2 Å². The SMILES string of the molecule is COC1CC(OC2C(O)C([C@@]3(O)CC(=O)C(=N)C(C(=O)O)=C3O)OC(COC(C)=O)C2OC(=O)C(NC(=S)SCC(NC(C)=O)C(=O)O)C(C)SCC(NC(C)=O)C(=O)O)OC(C)[C@]1(O)C(C)OC(=O)C(C)C. The van der Waals surface area contributed by atoms with E-state index < -0.39 is 186 Å². The van der Waals surface area contributed by atoms with E-state index in [0.717, 1.165) is 32.5 Å². The molecule has 1 aliphatic carbocycles. The smallest absolute Gasteiger partial charge is 0.341 e. The maximum Gasteiger partial charge on any atom is 0.341 e. The summed E-state index contributed by atoms with van der Waals surface area (Å²) in [6.07, 6.45) is -18.1. The molecule has 27 nitrogen and oxygen atoms in total. The Morgan fingerprint density at radius 1 is 0.890 bits per heavy atom. The molecule has 2 amide bonds.